The molecule has 1 aliphatic carbocycles. The zero-order valence-electron chi connectivity index (χ0n) is 8.51. The second-order valence-electron chi connectivity index (χ2n) is 4.68. The van der Waals surface area contributed by atoms with E-state index < -0.39 is 0 Å². The fraction of sp³-hybridized carbons (Fsp3) is 0.700. The Morgan fingerprint density at radius 3 is 2.71 bits per heavy atom. The summed E-state index contributed by atoms with van der Waals surface area (Å²) in [5, 5.41) is 3.78. The molecule has 1 saturated carbocycles. The van der Waals surface area contributed by atoms with Gasteiger partial charge in [-0.15, -0.1) is 0 Å². The van der Waals surface area contributed by atoms with Crippen molar-refractivity contribution in [3.8, 4) is 0 Å². The van der Waals surface area contributed by atoms with E-state index in [1.807, 2.05) is 0 Å². The highest BCUT2D eigenvalue weighted by molar-refractivity contribution is 9.10. The van der Waals surface area contributed by atoms with Crippen molar-refractivity contribution in [1.82, 2.24) is 5.16 Å². The maximum absolute atomic E-state index is 5.65. The number of nitrogens with zero attached hydrogens (tertiary/aromatic N) is 1. The van der Waals surface area contributed by atoms with Gasteiger partial charge in [0.2, 0.25) is 0 Å². The third kappa shape index (κ3) is 1.45. The fourth-order valence-electron chi connectivity index (χ4n) is 2.33. The van der Waals surface area contributed by atoms with E-state index in [4.69, 9.17) is 10.3 Å². The Morgan fingerprint density at radius 1 is 1.57 bits per heavy atom. The van der Waals surface area contributed by atoms with Crippen LogP contribution in [0.1, 0.15) is 44.8 Å². The topological polar surface area (TPSA) is 52.0 Å². The molecule has 0 aromatic carbocycles. The molecule has 1 aliphatic rings. The van der Waals surface area contributed by atoms with Crippen LogP contribution in [0.25, 0.3) is 0 Å². The molecule has 1 aromatic heterocycles. The van der Waals surface area contributed by atoms with Gasteiger partial charge in [-0.1, -0.05) is 25.4 Å². The predicted molar refractivity (Wildman–Crippen MR) is 59.0 cm³/mol. The molecule has 0 bridgehead atoms. The molecule has 0 aliphatic heterocycles. The van der Waals surface area contributed by atoms with Crippen molar-refractivity contribution in [3.63, 3.8) is 0 Å². The summed E-state index contributed by atoms with van der Waals surface area (Å²) in [6.07, 6.45) is 3.66. The molecule has 1 fully saturated rings. The fourth-order valence-corrected chi connectivity index (χ4v) is 2.76. The van der Waals surface area contributed by atoms with Crippen molar-refractivity contribution in [2.24, 2.45) is 5.41 Å². The molecule has 0 amide bonds. The molecule has 2 N–H and O–H groups in total. The van der Waals surface area contributed by atoms with Gasteiger partial charge in [0, 0.05) is 5.92 Å². The number of anilines is 1. The SMILES string of the molecule is CC1(C)CCCC1c1onc(N)c1Br. The van der Waals surface area contributed by atoms with Gasteiger partial charge in [0.1, 0.15) is 4.47 Å². The van der Waals surface area contributed by atoms with Crippen molar-refractivity contribution in [3.05, 3.63) is 10.2 Å². The first-order valence-corrected chi connectivity index (χ1v) is 5.72. The number of halogens is 1. The highest BCUT2D eigenvalue weighted by Crippen LogP contribution is 2.51. The quantitative estimate of drug-likeness (QED) is 0.841. The molecule has 0 spiro atoms. The molecular weight excluding hydrogens is 244 g/mol. The van der Waals surface area contributed by atoms with Crippen LogP contribution in [-0.2, 0) is 0 Å². The van der Waals surface area contributed by atoms with Crippen molar-refractivity contribution in [1.29, 1.82) is 0 Å². The van der Waals surface area contributed by atoms with Gasteiger partial charge in [0.25, 0.3) is 0 Å². The van der Waals surface area contributed by atoms with E-state index >= 15 is 0 Å². The summed E-state index contributed by atoms with van der Waals surface area (Å²) in [6, 6.07) is 0. The molecular formula is C10H15BrN2O. The van der Waals surface area contributed by atoms with Gasteiger partial charge in [-0.05, 0) is 34.2 Å². The third-order valence-corrected chi connectivity index (χ3v) is 4.05. The van der Waals surface area contributed by atoms with Gasteiger partial charge in [0.05, 0.1) is 0 Å². The van der Waals surface area contributed by atoms with Gasteiger partial charge in [-0.25, -0.2) is 0 Å². The number of aromatic nitrogens is 1. The number of nitrogen functional groups attached to an aromatic ring is 1. The Bertz CT molecular complexity index is 346. The van der Waals surface area contributed by atoms with Crippen molar-refractivity contribution < 1.29 is 4.52 Å². The lowest BCUT2D eigenvalue weighted by molar-refractivity contribution is 0.267. The second kappa shape index (κ2) is 3.26. The standard InChI is InChI=1S/C10H15BrN2O/c1-10(2)5-3-4-6(10)8-7(11)9(12)13-14-8/h6H,3-5H2,1-2H3,(H2,12,13). The van der Waals surface area contributed by atoms with E-state index in [0.717, 1.165) is 10.2 Å². The molecule has 1 aromatic rings. The van der Waals surface area contributed by atoms with E-state index in [-0.39, 0.29) is 0 Å². The Balaban J connectivity index is 2.36. The molecule has 3 nitrogen and oxygen atoms in total. The van der Waals surface area contributed by atoms with Crippen LogP contribution in [0, 0.1) is 5.41 Å². The van der Waals surface area contributed by atoms with Crippen molar-refractivity contribution in [2.45, 2.75) is 39.0 Å². The van der Waals surface area contributed by atoms with Crippen LogP contribution in [0.4, 0.5) is 5.82 Å². The lowest BCUT2D eigenvalue weighted by Crippen LogP contribution is -2.15. The van der Waals surface area contributed by atoms with Gasteiger partial charge < -0.3 is 10.3 Å². The van der Waals surface area contributed by atoms with Crippen LogP contribution in [-0.4, -0.2) is 5.16 Å². The van der Waals surface area contributed by atoms with Gasteiger partial charge in [0.15, 0.2) is 11.6 Å². The van der Waals surface area contributed by atoms with Crippen molar-refractivity contribution >= 4 is 21.7 Å². The number of hydrogen-bond donors (Lipinski definition) is 1. The summed E-state index contributed by atoms with van der Waals surface area (Å²) in [5.41, 5.74) is 5.95. The highest BCUT2D eigenvalue weighted by Gasteiger charge is 2.39. The predicted octanol–water partition coefficient (Wildman–Crippen LogP) is 3.31. The molecule has 14 heavy (non-hydrogen) atoms. The average molecular weight is 259 g/mol. The summed E-state index contributed by atoms with van der Waals surface area (Å²) in [7, 11) is 0. The average Bonchev–Trinajstić information content (AvgIpc) is 2.59. The Labute approximate surface area is 92.2 Å². The first-order valence-electron chi connectivity index (χ1n) is 4.93. The summed E-state index contributed by atoms with van der Waals surface area (Å²) >= 11 is 3.43. The Morgan fingerprint density at radius 2 is 2.29 bits per heavy atom. The van der Waals surface area contributed by atoms with E-state index in [1.54, 1.807) is 0 Å². The summed E-state index contributed by atoms with van der Waals surface area (Å²) in [4.78, 5) is 0. The molecule has 78 valence electrons. The lowest BCUT2D eigenvalue weighted by atomic mass is 9.80. The summed E-state index contributed by atoms with van der Waals surface area (Å²) in [6.45, 7) is 4.55. The summed E-state index contributed by atoms with van der Waals surface area (Å²) in [5.74, 6) is 1.83. The monoisotopic (exact) mass is 258 g/mol. The number of hydrogen-bond acceptors (Lipinski definition) is 3. The third-order valence-electron chi connectivity index (χ3n) is 3.26. The molecule has 2 rings (SSSR count). The molecule has 0 saturated heterocycles. The molecule has 0 radical (unpaired) electrons. The molecule has 4 heteroatoms. The molecule has 1 unspecified atom stereocenters. The minimum Gasteiger partial charge on any atom is -0.380 e. The van der Waals surface area contributed by atoms with Crippen LogP contribution in [0.5, 0.6) is 0 Å². The lowest BCUT2D eigenvalue weighted by Gasteiger charge is -2.24. The highest BCUT2D eigenvalue weighted by atomic mass is 79.9. The van der Waals surface area contributed by atoms with Crippen LogP contribution < -0.4 is 5.73 Å². The molecule has 1 heterocycles. The minimum absolute atomic E-state index is 0.300. The van der Waals surface area contributed by atoms with E-state index in [2.05, 4.69) is 34.9 Å². The zero-order valence-corrected chi connectivity index (χ0v) is 10.1. The first kappa shape index (κ1) is 10.0. The van der Waals surface area contributed by atoms with E-state index in [9.17, 15) is 0 Å². The van der Waals surface area contributed by atoms with Gasteiger partial charge in [-0.2, -0.15) is 0 Å². The number of rotatable bonds is 1. The second-order valence-corrected chi connectivity index (χ2v) is 5.47. The largest absolute Gasteiger partial charge is 0.380 e. The van der Waals surface area contributed by atoms with Crippen LogP contribution in [0.2, 0.25) is 0 Å². The zero-order chi connectivity index (χ0) is 10.3. The normalized spacial score (nSPS) is 25.5. The maximum atomic E-state index is 5.65. The van der Waals surface area contributed by atoms with Crippen molar-refractivity contribution in [2.75, 3.05) is 5.73 Å². The van der Waals surface area contributed by atoms with Crippen LogP contribution in [0.3, 0.4) is 0 Å². The minimum atomic E-state index is 0.300. The van der Waals surface area contributed by atoms with Crippen LogP contribution >= 0.6 is 15.9 Å². The van der Waals surface area contributed by atoms with Gasteiger partial charge >= 0.3 is 0 Å². The smallest absolute Gasteiger partial charge is 0.181 e. The first-order chi connectivity index (χ1) is 6.52. The molecule has 1 atom stereocenters. The van der Waals surface area contributed by atoms with E-state index in [0.29, 0.717) is 17.2 Å². The summed E-state index contributed by atoms with van der Waals surface area (Å²) < 4.78 is 6.14. The Kier molecular flexibility index (Phi) is 2.33. The maximum Gasteiger partial charge on any atom is 0.181 e. The van der Waals surface area contributed by atoms with Gasteiger partial charge in [-0.3, -0.25) is 0 Å². The van der Waals surface area contributed by atoms with Crippen LogP contribution in [0.15, 0.2) is 9.00 Å². The Hall–Kier alpha value is -0.510. The van der Waals surface area contributed by atoms with E-state index in [1.165, 1.54) is 19.3 Å². The number of nitrogens with two attached hydrogens (primary N) is 1.